The second kappa shape index (κ2) is 1.04. The van der Waals surface area contributed by atoms with Crippen LogP contribution in [0.4, 0.5) is 0 Å². The van der Waals surface area contributed by atoms with E-state index >= 15 is 0 Å². The van der Waals surface area contributed by atoms with Crippen molar-refractivity contribution in [1.82, 2.24) is 0 Å². The maximum absolute atomic E-state index is 5.03. The van der Waals surface area contributed by atoms with Gasteiger partial charge < -0.3 is 0 Å². The smallest absolute Gasteiger partial charge is 0.272 e. The van der Waals surface area contributed by atoms with Gasteiger partial charge in [-0.15, -0.1) is 10.2 Å². The van der Waals surface area contributed by atoms with Gasteiger partial charge in [-0.3, -0.25) is 11.5 Å². The van der Waals surface area contributed by atoms with Gasteiger partial charge in [0.2, 0.25) is 0 Å². The van der Waals surface area contributed by atoms with Crippen molar-refractivity contribution in [3.63, 3.8) is 0 Å². The summed E-state index contributed by atoms with van der Waals surface area (Å²) in [5.74, 6) is -1.39. The average Bonchev–Trinajstić information content (AvgIpc) is 1.84. The third-order valence-corrected chi connectivity index (χ3v) is 0.450. The van der Waals surface area contributed by atoms with Gasteiger partial charge in [-0.05, 0) is 10.4 Å². The largest absolute Gasteiger partial charge is 0.300 e. The molecule has 0 radical (unpaired) electrons. The number of nitrogens with two attached hydrogens (primary N) is 2. The summed E-state index contributed by atoms with van der Waals surface area (Å²) in [6.45, 7) is 0. The monoisotopic (exact) mass is 100 g/mol. The molecule has 4 N–H and O–H groups in total. The molecular formula is CH4N6. The Bertz CT molecular complexity index is 106. The van der Waals surface area contributed by atoms with Crippen LogP contribution in [0.15, 0.2) is 20.7 Å². The Balaban J connectivity index is 2.77. The van der Waals surface area contributed by atoms with Crippen molar-refractivity contribution in [2.45, 2.75) is 5.91 Å². The minimum atomic E-state index is -1.39. The predicted molar refractivity (Wildman–Crippen MR) is 20.8 cm³/mol. The lowest BCUT2D eigenvalue weighted by atomic mass is 10.8. The van der Waals surface area contributed by atoms with Crippen molar-refractivity contribution in [1.29, 1.82) is 0 Å². The van der Waals surface area contributed by atoms with Crippen molar-refractivity contribution in [3.05, 3.63) is 0 Å². The van der Waals surface area contributed by atoms with Gasteiger partial charge >= 0.3 is 0 Å². The van der Waals surface area contributed by atoms with Crippen molar-refractivity contribution >= 4 is 0 Å². The van der Waals surface area contributed by atoms with E-state index in [4.69, 9.17) is 11.5 Å². The molecule has 0 bridgehead atoms. The van der Waals surface area contributed by atoms with Gasteiger partial charge in [0, 0.05) is 0 Å². The highest BCUT2D eigenvalue weighted by atomic mass is 15.6. The van der Waals surface area contributed by atoms with Crippen LogP contribution in [0.2, 0.25) is 0 Å². The molecule has 0 fully saturated rings. The Kier molecular flexibility index (Phi) is 0.639. The first-order chi connectivity index (χ1) is 3.21. The standard InChI is InChI=1S/CH4N6/c2-1(3)4-6-7-5-1/h2-3H2. The molecule has 6 heteroatoms. The topological polar surface area (TPSA) is 101 Å². The zero-order valence-electron chi connectivity index (χ0n) is 3.44. The molecule has 1 aliphatic rings. The molecule has 1 rings (SSSR count). The van der Waals surface area contributed by atoms with Crippen molar-refractivity contribution in [2.75, 3.05) is 0 Å². The Morgan fingerprint density at radius 2 is 1.43 bits per heavy atom. The van der Waals surface area contributed by atoms with Crippen LogP contribution in [0.1, 0.15) is 0 Å². The van der Waals surface area contributed by atoms with Crippen LogP contribution in [-0.2, 0) is 0 Å². The highest BCUT2D eigenvalue weighted by Crippen LogP contribution is 2.04. The minimum Gasteiger partial charge on any atom is -0.272 e. The Hall–Kier alpha value is -0.880. The Morgan fingerprint density at radius 3 is 1.57 bits per heavy atom. The molecular weight excluding hydrogens is 96.1 g/mol. The fourth-order valence-electron chi connectivity index (χ4n) is 0.203. The second-order valence-corrected chi connectivity index (χ2v) is 1.16. The van der Waals surface area contributed by atoms with Crippen molar-refractivity contribution in [2.24, 2.45) is 32.1 Å². The maximum atomic E-state index is 5.03. The van der Waals surface area contributed by atoms with E-state index in [0.29, 0.717) is 0 Å². The zero-order valence-corrected chi connectivity index (χ0v) is 3.44. The van der Waals surface area contributed by atoms with Crippen LogP contribution >= 0.6 is 0 Å². The Morgan fingerprint density at radius 1 is 1.00 bits per heavy atom. The summed E-state index contributed by atoms with van der Waals surface area (Å²) in [6.07, 6.45) is 0. The van der Waals surface area contributed by atoms with Gasteiger partial charge in [0.1, 0.15) is 0 Å². The molecule has 0 aromatic heterocycles. The third kappa shape index (κ3) is 0.756. The molecule has 0 saturated heterocycles. The second-order valence-electron chi connectivity index (χ2n) is 1.16. The third-order valence-electron chi connectivity index (χ3n) is 0.450. The van der Waals surface area contributed by atoms with Crippen LogP contribution < -0.4 is 11.5 Å². The molecule has 0 atom stereocenters. The van der Waals surface area contributed by atoms with Gasteiger partial charge in [-0.1, -0.05) is 0 Å². The van der Waals surface area contributed by atoms with E-state index < -0.39 is 5.91 Å². The van der Waals surface area contributed by atoms with E-state index in [1.807, 2.05) is 0 Å². The van der Waals surface area contributed by atoms with E-state index in [1.54, 1.807) is 0 Å². The van der Waals surface area contributed by atoms with E-state index in [1.165, 1.54) is 0 Å². The van der Waals surface area contributed by atoms with Crippen LogP contribution in [0.5, 0.6) is 0 Å². The quantitative estimate of drug-likeness (QED) is 0.395. The van der Waals surface area contributed by atoms with Gasteiger partial charge in [0.25, 0.3) is 5.91 Å². The van der Waals surface area contributed by atoms with Gasteiger partial charge in [0.05, 0.1) is 0 Å². The van der Waals surface area contributed by atoms with Gasteiger partial charge in [0.15, 0.2) is 0 Å². The fourth-order valence-corrected chi connectivity index (χ4v) is 0.203. The first-order valence-corrected chi connectivity index (χ1v) is 1.62. The van der Waals surface area contributed by atoms with E-state index in [-0.39, 0.29) is 0 Å². The zero-order chi connectivity index (χ0) is 5.33. The molecule has 6 nitrogen and oxygen atoms in total. The normalized spacial score (nSPS) is 23.7. The molecule has 38 valence electrons. The van der Waals surface area contributed by atoms with E-state index in [0.717, 1.165) is 0 Å². The number of rotatable bonds is 0. The summed E-state index contributed by atoms with van der Waals surface area (Å²) in [6, 6.07) is 0. The lowest BCUT2D eigenvalue weighted by molar-refractivity contribution is 0.483. The maximum Gasteiger partial charge on any atom is 0.300 e. The van der Waals surface area contributed by atoms with E-state index in [9.17, 15) is 0 Å². The highest BCUT2D eigenvalue weighted by molar-refractivity contribution is 4.66. The summed E-state index contributed by atoms with van der Waals surface area (Å²) < 4.78 is 0. The lowest BCUT2D eigenvalue weighted by Gasteiger charge is -2.00. The summed E-state index contributed by atoms with van der Waals surface area (Å²) in [5.41, 5.74) is 10.1. The fraction of sp³-hybridized carbons (Fsp3) is 1.00. The number of hydrogen-bond donors (Lipinski definition) is 2. The molecule has 1 aliphatic heterocycles. The molecule has 0 spiro atoms. The number of hydrogen-bond acceptors (Lipinski definition) is 6. The molecule has 1 heterocycles. The van der Waals surface area contributed by atoms with Crippen LogP contribution in [0, 0.1) is 0 Å². The Labute approximate surface area is 39.3 Å². The first-order valence-electron chi connectivity index (χ1n) is 1.62. The van der Waals surface area contributed by atoms with Gasteiger partial charge in [-0.2, -0.15) is 0 Å². The molecule has 0 unspecified atom stereocenters. The molecule has 7 heavy (non-hydrogen) atoms. The molecule has 0 aromatic rings. The van der Waals surface area contributed by atoms with Crippen LogP contribution in [0.25, 0.3) is 0 Å². The van der Waals surface area contributed by atoms with Crippen LogP contribution in [-0.4, -0.2) is 5.91 Å². The summed E-state index contributed by atoms with van der Waals surface area (Å²) in [4.78, 5) is 0. The summed E-state index contributed by atoms with van der Waals surface area (Å²) >= 11 is 0. The summed E-state index contributed by atoms with van der Waals surface area (Å²) in [7, 11) is 0. The molecule has 0 aliphatic carbocycles. The van der Waals surface area contributed by atoms with Crippen LogP contribution in [0.3, 0.4) is 0 Å². The lowest BCUT2D eigenvalue weighted by Crippen LogP contribution is -2.43. The molecule has 0 saturated carbocycles. The summed E-state index contributed by atoms with van der Waals surface area (Å²) in [5, 5.41) is 12.6. The first kappa shape index (κ1) is 4.28. The SMILES string of the molecule is NC1(N)N=NN=N1. The molecule has 0 amide bonds. The molecule has 0 aromatic carbocycles. The minimum absolute atomic E-state index is 1.39. The highest BCUT2D eigenvalue weighted by Gasteiger charge is 2.19. The average molecular weight is 100 g/mol. The van der Waals surface area contributed by atoms with Gasteiger partial charge in [-0.25, -0.2) is 0 Å². The van der Waals surface area contributed by atoms with Crippen molar-refractivity contribution in [3.8, 4) is 0 Å². The number of nitrogens with zero attached hydrogens (tertiary/aromatic N) is 4. The van der Waals surface area contributed by atoms with E-state index in [2.05, 4.69) is 20.7 Å². The predicted octanol–water partition coefficient (Wildman–Crippen LogP) is -0.652. The van der Waals surface area contributed by atoms with Crippen molar-refractivity contribution < 1.29 is 0 Å².